The van der Waals surface area contributed by atoms with Crippen LogP contribution in [0.5, 0.6) is 5.88 Å². The van der Waals surface area contributed by atoms with Crippen LogP contribution in [-0.2, 0) is 0 Å². The van der Waals surface area contributed by atoms with Crippen molar-refractivity contribution in [1.29, 1.82) is 0 Å². The predicted molar refractivity (Wildman–Crippen MR) is 67.6 cm³/mol. The van der Waals surface area contributed by atoms with Gasteiger partial charge in [0.15, 0.2) is 5.82 Å². The van der Waals surface area contributed by atoms with E-state index in [1.807, 2.05) is 0 Å². The highest BCUT2D eigenvalue weighted by Gasteiger charge is 2.11. The normalized spacial score (nSPS) is 12.0. The summed E-state index contributed by atoms with van der Waals surface area (Å²) in [5, 5.41) is 3.21. The molecule has 1 N–H and O–H groups in total. The van der Waals surface area contributed by atoms with Gasteiger partial charge in [0.05, 0.1) is 25.5 Å². The Balaban J connectivity index is 2.16. The third-order valence-corrected chi connectivity index (χ3v) is 2.45. The van der Waals surface area contributed by atoms with Gasteiger partial charge in [0, 0.05) is 6.07 Å². The van der Waals surface area contributed by atoms with Crippen LogP contribution in [0.4, 0.5) is 10.3 Å². The van der Waals surface area contributed by atoms with Gasteiger partial charge in [0.25, 0.3) is 0 Å². The third-order valence-electron chi connectivity index (χ3n) is 2.25. The lowest BCUT2D eigenvalue weighted by molar-refractivity contribution is 0.397. The number of aromatic nitrogens is 4. The van der Waals surface area contributed by atoms with E-state index in [2.05, 4.69) is 25.3 Å². The third kappa shape index (κ3) is 3.47. The molecule has 2 aromatic heterocycles. The highest BCUT2D eigenvalue weighted by atomic mass is 35.5. The monoisotopic (exact) mass is 283 g/mol. The van der Waals surface area contributed by atoms with Crippen LogP contribution in [0.2, 0.25) is 5.15 Å². The summed E-state index contributed by atoms with van der Waals surface area (Å²) in [6, 6.07) is 1.19. The number of ether oxygens (including phenoxy) is 1. The average molecular weight is 284 g/mol. The summed E-state index contributed by atoms with van der Waals surface area (Å²) in [6.45, 7) is 1.80. The molecule has 0 saturated heterocycles. The van der Waals surface area contributed by atoms with Crippen LogP contribution in [-0.4, -0.2) is 27.0 Å². The molecule has 0 aliphatic heterocycles. The molecule has 2 heterocycles. The van der Waals surface area contributed by atoms with Crippen molar-refractivity contribution in [1.82, 2.24) is 19.9 Å². The quantitative estimate of drug-likeness (QED) is 0.868. The number of hydrogen-bond acceptors (Lipinski definition) is 6. The Morgan fingerprint density at radius 2 is 2.00 bits per heavy atom. The molecule has 0 saturated carbocycles. The van der Waals surface area contributed by atoms with E-state index in [0.717, 1.165) is 12.4 Å². The zero-order valence-corrected chi connectivity index (χ0v) is 11.0. The fraction of sp³-hybridized carbons (Fsp3) is 0.273. The minimum Gasteiger partial charge on any atom is -0.481 e. The van der Waals surface area contributed by atoms with Gasteiger partial charge in [-0.3, -0.25) is 0 Å². The van der Waals surface area contributed by atoms with Gasteiger partial charge in [-0.1, -0.05) is 11.6 Å². The molecule has 0 fully saturated rings. The molecule has 0 aliphatic rings. The smallest absolute Gasteiger partial charge is 0.228 e. The molecule has 2 rings (SSSR count). The van der Waals surface area contributed by atoms with E-state index in [1.165, 1.54) is 13.2 Å². The van der Waals surface area contributed by atoms with Gasteiger partial charge in [-0.15, -0.1) is 0 Å². The van der Waals surface area contributed by atoms with Crippen LogP contribution < -0.4 is 10.1 Å². The second kappa shape index (κ2) is 5.75. The lowest BCUT2D eigenvalue weighted by atomic mass is 10.3. The summed E-state index contributed by atoms with van der Waals surface area (Å²) in [5.41, 5.74) is 0. The zero-order chi connectivity index (χ0) is 13.8. The molecule has 19 heavy (non-hydrogen) atoms. The van der Waals surface area contributed by atoms with Gasteiger partial charge in [0.1, 0.15) is 11.0 Å². The first-order valence-electron chi connectivity index (χ1n) is 5.41. The van der Waals surface area contributed by atoms with Crippen molar-refractivity contribution < 1.29 is 9.13 Å². The number of methoxy groups -OCH3 is 1. The minimum atomic E-state index is -0.489. The SMILES string of the molecule is COc1cc(Cl)nc(NC(C)c2ncc(F)cn2)n1. The standard InChI is InChI=1S/C11H11ClFN5O/c1-6(10-14-4-7(13)5-15-10)16-11-17-8(12)3-9(18-11)19-2/h3-6H,1-2H3,(H,16,17,18). The first kappa shape index (κ1) is 13.4. The van der Waals surface area contributed by atoms with E-state index < -0.39 is 5.82 Å². The Bertz CT molecular complexity index is 566. The van der Waals surface area contributed by atoms with Gasteiger partial charge >= 0.3 is 0 Å². The minimum absolute atomic E-state index is 0.251. The van der Waals surface area contributed by atoms with E-state index in [9.17, 15) is 4.39 Å². The van der Waals surface area contributed by atoms with E-state index in [-0.39, 0.29) is 17.1 Å². The van der Waals surface area contributed by atoms with E-state index in [4.69, 9.17) is 16.3 Å². The lowest BCUT2D eigenvalue weighted by Crippen LogP contribution is -2.13. The van der Waals surface area contributed by atoms with Gasteiger partial charge in [-0.2, -0.15) is 4.98 Å². The molecule has 100 valence electrons. The van der Waals surface area contributed by atoms with E-state index in [1.54, 1.807) is 6.92 Å². The van der Waals surface area contributed by atoms with Crippen LogP contribution in [0.15, 0.2) is 18.5 Å². The van der Waals surface area contributed by atoms with E-state index >= 15 is 0 Å². The summed E-state index contributed by atoms with van der Waals surface area (Å²) >= 11 is 5.83. The molecule has 0 aromatic carbocycles. The van der Waals surface area contributed by atoms with Crippen molar-refractivity contribution in [3.05, 3.63) is 35.3 Å². The van der Waals surface area contributed by atoms with Gasteiger partial charge in [-0.25, -0.2) is 19.3 Å². The van der Waals surface area contributed by atoms with Gasteiger partial charge in [0.2, 0.25) is 11.8 Å². The van der Waals surface area contributed by atoms with Crippen molar-refractivity contribution in [2.24, 2.45) is 0 Å². The topological polar surface area (TPSA) is 72.8 Å². The number of nitrogens with one attached hydrogen (secondary N) is 1. The van der Waals surface area contributed by atoms with Gasteiger partial charge in [-0.05, 0) is 6.92 Å². The molecule has 1 unspecified atom stereocenters. The molecule has 2 aromatic rings. The number of hydrogen-bond donors (Lipinski definition) is 1. The molecule has 1 atom stereocenters. The first-order valence-corrected chi connectivity index (χ1v) is 5.79. The van der Waals surface area contributed by atoms with E-state index in [0.29, 0.717) is 11.7 Å². The summed E-state index contributed by atoms with van der Waals surface area (Å²) in [7, 11) is 1.48. The number of anilines is 1. The maximum atomic E-state index is 12.7. The van der Waals surface area contributed by atoms with Crippen LogP contribution in [0, 0.1) is 5.82 Å². The second-order valence-corrected chi connectivity index (χ2v) is 4.07. The van der Waals surface area contributed by atoms with Crippen molar-refractivity contribution >= 4 is 17.5 Å². The Morgan fingerprint density at radius 3 is 2.63 bits per heavy atom. The predicted octanol–water partition coefficient (Wildman–Crippen LogP) is 2.24. The highest BCUT2D eigenvalue weighted by molar-refractivity contribution is 6.29. The van der Waals surface area contributed by atoms with Crippen LogP contribution in [0.1, 0.15) is 18.8 Å². The highest BCUT2D eigenvalue weighted by Crippen LogP contribution is 2.19. The second-order valence-electron chi connectivity index (χ2n) is 3.68. The van der Waals surface area contributed by atoms with Crippen LogP contribution >= 0.6 is 11.6 Å². The summed E-state index contributed by atoms with van der Waals surface area (Å²) in [6.07, 6.45) is 2.19. The fourth-order valence-electron chi connectivity index (χ4n) is 1.37. The summed E-state index contributed by atoms with van der Waals surface area (Å²) in [5.74, 6) is 0.556. The molecule has 0 amide bonds. The van der Waals surface area contributed by atoms with Crippen molar-refractivity contribution in [3.63, 3.8) is 0 Å². The Hall–Kier alpha value is -2.02. The molecule has 0 bridgehead atoms. The number of rotatable bonds is 4. The summed E-state index contributed by atoms with van der Waals surface area (Å²) < 4.78 is 17.7. The van der Waals surface area contributed by atoms with Gasteiger partial charge < -0.3 is 10.1 Å². The fourth-order valence-corrected chi connectivity index (χ4v) is 1.54. The van der Waals surface area contributed by atoms with Crippen LogP contribution in [0.25, 0.3) is 0 Å². The van der Waals surface area contributed by atoms with Crippen molar-refractivity contribution in [2.75, 3.05) is 12.4 Å². The molecular formula is C11H11ClFN5O. The Labute approximate surface area is 114 Å². The number of halogens is 2. The average Bonchev–Trinajstić information content (AvgIpc) is 2.38. The first-order chi connectivity index (χ1) is 9.08. The Kier molecular flexibility index (Phi) is 4.06. The Morgan fingerprint density at radius 1 is 1.32 bits per heavy atom. The molecule has 6 nitrogen and oxygen atoms in total. The van der Waals surface area contributed by atoms with Crippen LogP contribution in [0.3, 0.4) is 0 Å². The maximum absolute atomic E-state index is 12.7. The van der Waals surface area contributed by atoms with Crippen molar-refractivity contribution in [2.45, 2.75) is 13.0 Å². The largest absolute Gasteiger partial charge is 0.481 e. The molecular weight excluding hydrogens is 273 g/mol. The van der Waals surface area contributed by atoms with Crippen molar-refractivity contribution in [3.8, 4) is 5.88 Å². The molecule has 8 heteroatoms. The molecule has 0 aliphatic carbocycles. The lowest BCUT2D eigenvalue weighted by Gasteiger charge is -2.12. The number of nitrogens with zero attached hydrogens (tertiary/aromatic N) is 4. The summed E-state index contributed by atoms with van der Waals surface area (Å²) in [4.78, 5) is 15.8. The maximum Gasteiger partial charge on any atom is 0.228 e. The zero-order valence-electron chi connectivity index (χ0n) is 10.3. The molecule has 0 radical (unpaired) electrons. The molecule has 0 spiro atoms.